The zero-order chi connectivity index (χ0) is 43.0. The molecule has 0 aromatic heterocycles. The average Bonchev–Trinajstić information content (AvgIpc) is 3.23. The lowest BCUT2D eigenvalue weighted by Gasteiger charge is -2.40. The summed E-state index contributed by atoms with van der Waals surface area (Å²) in [5.74, 6) is -0.153. The summed E-state index contributed by atoms with van der Waals surface area (Å²) in [6.07, 6.45) is 41.0. The van der Waals surface area contributed by atoms with Crippen molar-refractivity contribution in [3.63, 3.8) is 0 Å². The van der Waals surface area contributed by atoms with Gasteiger partial charge >= 0.3 is 0 Å². The Kier molecular flexibility index (Phi) is 38.9. The Morgan fingerprint density at radius 2 is 0.966 bits per heavy atom. The highest BCUT2D eigenvalue weighted by Crippen LogP contribution is 2.23. The summed E-state index contributed by atoms with van der Waals surface area (Å²) in [5.41, 5.74) is 0. The van der Waals surface area contributed by atoms with Gasteiger partial charge in [-0.3, -0.25) is 4.79 Å². The van der Waals surface area contributed by atoms with Crippen molar-refractivity contribution < 1.29 is 39.8 Å². The highest BCUT2D eigenvalue weighted by Gasteiger charge is 2.44. The lowest BCUT2D eigenvalue weighted by atomic mass is 9.99. The van der Waals surface area contributed by atoms with Crippen molar-refractivity contribution in [3.8, 4) is 0 Å². The minimum absolute atomic E-state index is 0.138. The van der Waals surface area contributed by atoms with Gasteiger partial charge in [-0.25, -0.2) is 0 Å². The molecule has 7 atom stereocenters. The van der Waals surface area contributed by atoms with Gasteiger partial charge in [0.25, 0.3) is 0 Å². The molecule has 350 valence electrons. The molecule has 1 amide bonds. The van der Waals surface area contributed by atoms with Crippen LogP contribution in [-0.4, -0.2) is 87.5 Å². The summed E-state index contributed by atoms with van der Waals surface area (Å²) in [4.78, 5) is 12.9. The molecule has 1 heterocycles. The first-order valence-corrected chi connectivity index (χ1v) is 25.4. The number of carbonyl (C=O) groups excluding carboxylic acids is 1. The van der Waals surface area contributed by atoms with Gasteiger partial charge in [-0.15, -0.1) is 0 Å². The van der Waals surface area contributed by atoms with Gasteiger partial charge < -0.3 is 40.3 Å². The number of hydrogen-bond donors (Lipinski definition) is 6. The highest BCUT2D eigenvalue weighted by atomic mass is 16.7. The van der Waals surface area contributed by atoms with Gasteiger partial charge in [0.1, 0.15) is 24.4 Å². The van der Waals surface area contributed by atoms with Crippen LogP contribution in [0.2, 0.25) is 0 Å². The third-order valence-corrected chi connectivity index (χ3v) is 12.4. The number of aliphatic hydroxyl groups excluding tert-OH is 5. The molecule has 9 nitrogen and oxygen atoms in total. The topological polar surface area (TPSA) is 149 Å². The van der Waals surface area contributed by atoms with E-state index in [1.54, 1.807) is 0 Å². The van der Waals surface area contributed by atoms with Crippen LogP contribution in [0.1, 0.15) is 245 Å². The number of ether oxygens (including phenoxy) is 2. The predicted octanol–water partition coefficient (Wildman–Crippen LogP) is 11.3. The maximum absolute atomic E-state index is 12.9. The van der Waals surface area contributed by atoms with Crippen molar-refractivity contribution in [2.24, 2.45) is 0 Å². The van der Waals surface area contributed by atoms with E-state index < -0.39 is 49.5 Å². The molecule has 59 heavy (non-hydrogen) atoms. The molecule has 0 saturated carbocycles. The minimum atomic E-state index is -1.55. The summed E-state index contributed by atoms with van der Waals surface area (Å²) in [7, 11) is 0. The smallest absolute Gasteiger partial charge is 0.220 e. The molecule has 0 bridgehead atoms. The molecular weight excluding hydrogens is 743 g/mol. The third-order valence-electron chi connectivity index (χ3n) is 12.4. The standard InChI is InChI=1S/C50H97NO8/c1-3-5-7-9-11-13-15-16-17-18-19-20-21-22-23-24-25-26-27-28-30-31-33-35-37-39-44(53)43(42-58-50-49(57)48(56)47(55)45(41-52)59-50)51-46(54)40-38-36-34-32-29-14-12-10-8-6-4-2/h10,12,43-45,47-50,52-53,55-57H,3-9,11,13-42H2,1-2H3,(H,51,54)/b12-10-. The van der Waals surface area contributed by atoms with Crippen molar-refractivity contribution in [2.75, 3.05) is 13.2 Å². The zero-order valence-electron chi connectivity index (χ0n) is 38.5. The summed E-state index contributed by atoms with van der Waals surface area (Å²) in [6.45, 7) is 3.81. The number of nitrogens with one attached hydrogen (secondary N) is 1. The van der Waals surface area contributed by atoms with E-state index in [1.807, 2.05) is 0 Å². The Morgan fingerprint density at radius 1 is 0.559 bits per heavy atom. The fourth-order valence-electron chi connectivity index (χ4n) is 8.26. The Morgan fingerprint density at radius 3 is 1.42 bits per heavy atom. The van der Waals surface area contributed by atoms with Crippen LogP contribution in [-0.2, 0) is 14.3 Å². The van der Waals surface area contributed by atoms with E-state index in [9.17, 15) is 30.3 Å². The molecular formula is C50H97NO8. The maximum atomic E-state index is 12.9. The third kappa shape index (κ3) is 31.4. The van der Waals surface area contributed by atoms with E-state index in [-0.39, 0.29) is 12.5 Å². The minimum Gasteiger partial charge on any atom is -0.394 e. The van der Waals surface area contributed by atoms with Crippen molar-refractivity contribution in [3.05, 3.63) is 12.2 Å². The normalized spacial score (nSPS) is 20.7. The average molecular weight is 840 g/mol. The fourth-order valence-corrected chi connectivity index (χ4v) is 8.26. The van der Waals surface area contributed by atoms with E-state index in [0.717, 1.165) is 64.2 Å². The quantitative estimate of drug-likeness (QED) is 0.0263. The van der Waals surface area contributed by atoms with Crippen LogP contribution in [0.5, 0.6) is 0 Å². The molecule has 1 aliphatic heterocycles. The Hall–Kier alpha value is -1.07. The number of unbranched alkanes of at least 4 members (excludes halogenated alkanes) is 31. The second-order valence-corrected chi connectivity index (χ2v) is 18.0. The molecule has 1 fully saturated rings. The van der Waals surface area contributed by atoms with E-state index >= 15 is 0 Å². The van der Waals surface area contributed by atoms with Crippen LogP contribution in [0.25, 0.3) is 0 Å². The van der Waals surface area contributed by atoms with Crippen molar-refractivity contribution in [1.29, 1.82) is 0 Å². The zero-order valence-corrected chi connectivity index (χ0v) is 38.5. The lowest BCUT2D eigenvalue weighted by molar-refractivity contribution is -0.302. The van der Waals surface area contributed by atoms with Crippen LogP contribution in [0.15, 0.2) is 12.2 Å². The Labute approximate surface area is 363 Å². The second-order valence-electron chi connectivity index (χ2n) is 18.0. The number of amides is 1. The second kappa shape index (κ2) is 41.0. The van der Waals surface area contributed by atoms with Gasteiger partial charge in [0.15, 0.2) is 6.29 Å². The lowest BCUT2D eigenvalue weighted by Crippen LogP contribution is -2.60. The van der Waals surface area contributed by atoms with Crippen LogP contribution in [0.4, 0.5) is 0 Å². The molecule has 6 N–H and O–H groups in total. The van der Waals surface area contributed by atoms with Gasteiger partial charge in [-0.1, -0.05) is 219 Å². The van der Waals surface area contributed by atoms with Crippen LogP contribution < -0.4 is 5.32 Å². The Bertz CT molecular complexity index is 935. The maximum Gasteiger partial charge on any atom is 0.220 e. The largest absolute Gasteiger partial charge is 0.394 e. The van der Waals surface area contributed by atoms with Crippen molar-refractivity contribution >= 4 is 5.91 Å². The van der Waals surface area contributed by atoms with Crippen LogP contribution >= 0.6 is 0 Å². The first-order chi connectivity index (χ1) is 28.8. The predicted molar refractivity (Wildman–Crippen MR) is 244 cm³/mol. The molecule has 7 unspecified atom stereocenters. The molecule has 0 aliphatic carbocycles. The van der Waals surface area contributed by atoms with Gasteiger partial charge in [0.2, 0.25) is 5.91 Å². The monoisotopic (exact) mass is 840 g/mol. The van der Waals surface area contributed by atoms with E-state index in [2.05, 4.69) is 31.3 Å². The van der Waals surface area contributed by atoms with Gasteiger partial charge in [0.05, 0.1) is 25.4 Å². The number of allylic oxidation sites excluding steroid dienone is 2. The summed E-state index contributed by atoms with van der Waals surface area (Å²) in [5, 5.41) is 54.4. The van der Waals surface area contributed by atoms with Gasteiger partial charge in [-0.2, -0.15) is 0 Å². The number of carbonyl (C=O) groups is 1. The van der Waals surface area contributed by atoms with E-state index in [4.69, 9.17) is 9.47 Å². The fraction of sp³-hybridized carbons (Fsp3) is 0.940. The molecule has 1 rings (SSSR count). The van der Waals surface area contributed by atoms with E-state index in [1.165, 1.54) is 154 Å². The highest BCUT2D eigenvalue weighted by molar-refractivity contribution is 5.76. The summed E-state index contributed by atoms with van der Waals surface area (Å²) in [6, 6.07) is -0.719. The van der Waals surface area contributed by atoms with Crippen LogP contribution in [0.3, 0.4) is 0 Å². The van der Waals surface area contributed by atoms with E-state index in [0.29, 0.717) is 12.8 Å². The molecule has 1 aliphatic rings. The molecule has 0 spiro atoms. The van der Waals surface area contributed by atoms with Gasteiger partial charge in [-0.05, 0) is 32.1 Å². The summed E-state index contributed by atoms with van der Waals surface area (Å²) < 4.78 is 11.3. The molecule has 0 radical (unpaired) electrons. The molecule has 1 saturated heterocycles. The molecule has 0 aromatic rings. The van der Waals surface area contributed by atoms with Crippen molar-refractivity contribution in [1.82, 2.24) is 5.32 Å². The Balaban J connectivity index is 2.19. The number of hydrogen-bond acceptors (Lipinski definition) is 8. The molecule has 9 heteroatoms. The molecule has 0 aromatic carbocycles. The van der Waals surface area contributed by atoms with Gasteiger partial charge in [0, 0.05) is 6.42 Å². The van der Waals surface area contributed by atoms with Crippen LogP contribution in [0, 0.1) is 0 Å². The number of aliphatic hydroxyl groups is 5. The summed E-state index contributed by atoms with van der Waals surface area (Å²) >= 11 is 0. The number of rotatable bonds is 43. The first kappa shape index (κ1) is 55.9. The first-order valence-electron chi connectivity index (χ1n) is 25.4. The van der Waals surface area contributed by atoms with Crippen molar-refractivity contribution in [2.45, 2.75) is 288 Å². The SMILES string of the molecule is CCCC/C=C\CCCCCCCC(=O)NC(COC1OC(CO)C(O)C(O)C1O)C(O)CCCCCCCCCCCCCCCCCCCCCCCCCCC.